The lowest BCUT2D eigenvalue weighted by molar-refractivity contribution is -0.116. The Labute approximate surface area is 164 Å². The zero-order chi connectivity index (χ0) is 19.6. The molecule has 0 radical (unpaired) electrons. The number of amides is 1. The van der Waals surface area contributed by atoms with Crippen LogP contribution in [-0.2, 0) is 11.3 Å². The molecule has 1 amide bonds. The quantitative estimate of drug-likeness (QED) is 0.700. The summed E-state index contributed by atoms with van der Waals surface area (Å²) in [5, 5.41) is 3.74. The molecule has 0 aliphatic carbocycles. The van der Waals surface area contributed by atoms with Crippen LogP contribution >= 0.6 is 23.2 Å². The highest BCUT2D eigenvalue weighted by atomic mass is 35.5. The van der Waals surface area contributed by atoms with Crippen LogP contribution in [0.25, 0.3) is 10.9 Å². The van der Waals surface area contributed by atoms with Gasteiger partial charge in [0.25, 0.3) is 5.56 Å². The van der Waals surface area contributed by atoms with Gasteiger partial charge in [-0.1, -0.05) is 23.2 Å². The molecule has 1 heterocycles. The number of nitrogens with zero attached hydrogens (tertiary/aromatic N) is 2. The highest BCUT2D eigenvalue weighted by Gasteiger charge is 2.14. The second kappa shape index (κ2) is 7.85. The summed E-state index contributed by atoms with van der Waals surface area (Å²) in [6.45, 7) is -0.235. The summed E-state index contributed by atoms with van der Waals surface area (Å²) < 4.78 is 11.6. The van der Waals surface area contributed by atoms with Gasteiger partial charge in [-0.2, -0.15) is 0 Å². The fourth-order valence-corrected chi connectivity index (χ4v) is 2.96. The van der Waals surface area contributed by atoms with Gasteiger partial charge in [-0.25, -0.2) is 4.98 Å². The Kier molecular flexibility index (Phi) is 5.53. The maximum absolute atomic E-state index is 12.6. The molecule has 1 N–H and O–H groups in total. The van der Waals surface area contributed by atoms with Gasteiger partial charge >= 0.3 is 0 Å². The van der Waals surface area contributed by atoms with Crippen molar-refractivity contribution in [1.29, 1.82) is 0 Å². The zero-order valence-corrected chi connectivity index (χ0v) is 16.0. The van der Waals surface area contributed by atoms with E-state index in [1.165, 1.54) is 37.2 Å². The van der Waals surface area contributed by atoms with Crippen LogP contribution in [0.5, 0.6) is 11.5 Å². The van der Waals surface area contributed by atoms with Crippen molar-refractivity contribution in [2.75, 3.05) is 19.5 Å². The minimum atomic E-state index is -0.445. The first-order valence-corrected chi connectivity index (χ1v) is 8.54. The van der Waals surface area contributed by atoms with Crippen LogP contribution in [0.1, 0.15) is 0 Å². The Morgan fingerprint density at radius 2 is 1.89 bits per heavy atom. The van der Waals surface area contributed by atoms with Crippen molar-refractivity contribution < 1.29 is 14.3 Å². The molecule has 2 aromatic carbocycles. The average molecular weight is 408 g/mol. The van der Waals surface area contributed by atoms with Gasteiger partial charge in [0, 0.05) is 11.1 Å². The van der Waals surface area contributed by atoms with Crippen molar-refractivity contribution in [2.45, 2.75) is 6.54 Å². The highest BCUT2D eigenvalue weighted by Crippen LogP contribution is 2.35. The van der Waals surface area contributed by atoms with E-state index >= 15 is 0 Å². The molecule has 7 nitrogen and oxygen atoms in total. The van der Waals surface area contributed by atoms with E-state index in [9.17, 15) is 9.59 Å². The predicted octanol–water partition coefficient (Wildman–Crippen LogP) is 3.36. The fraction of sp³-hybridized carbons (Fsp3) is 0.167. The number of benzene rings is 2. The monoisotopic (exact) mass is 407 g/mol. The molecule has 140 valence electrons. The molecule has 9 heteroatoms. The van der Waals surface area contributed by atoms with E-state index in [0.29, 0.717) is 38.1 Å². The number of methoxy groups -OCH3 is 2. The number of ether oxygens (including phenoxy) is 2. The van der Waals surface area contributed by atoms with Crippen molar-refractivity contribution in [2.24, 2.45) is 0 Å². The number of nitrogens with one attached hydrogen (secondary N) is 1. The number of rotatable bonds is 5. The van der Waals surface area contributed by atoms with E-state index in [4.69, 9.17) is 32.7 Å². The van der Waals surface area contributed by atoms with Gasteiger partial charge in [0.15, 0.2) is 0 Å². The van der Waals surface area contributed by atoms with E-state index in [1.54, 1.807) is 18.2 Å². The Morgan fingerprint density at radius 3 is 2.59 bits per heavy atom. The molecule has 3 rings (SSSR count). The minimum Gasteiger partial charge on any atom is -0.495 e. The maximum atomic E-state index is 12.6. The van der Waals surface area contributed by atoms with Crippen LogP contribution in [0.3, 0.4) is 0 Å². The van der Waals surface area contributed by atoms with Crippen LogP contribution in [0, 0.1) is 0 Å². The number of carbonyl (C=O) groups excluding carboxylic acids is 1. The van der Waals surface area contributed by atoms with Gasteiger partial charge in [0.05, 0.1) is 42.2 Å². The summed E-state index contributed by atoms with van der Waals surface area (Å²) in [5.41, 5.74) is 0.500. The second-order valence-electron chi connectivity index (χ2n) is 5.57. The van der Waals surface area contributed by atoms with Gasteiger partial charge in [-0.05, 0) is 24.3 Å². The van der Waals surface area contributed by atoms with Gasteiger partial charge in [0.1, 0.15) is 18.0 Å². The molecular weight excluding hydrogens is 393 g/mol. The third-order valence-electron chi connectivity index (χ3n) is 3.85. The molecule has 0 unspecified atom stereocenters. The molecule has 27 heavy (non-hydrogen) atoms. The summed E-state index contributed by atoms with van der Waals surface area (Å²) in [6, 6.07) is 7.88. The molecular formula is C18H15Cl2N3O4. The first-order valence-electron chi connectivity index (χ1n) is 7.79. The third kappa shape index (κ3) is 3.99. The van der Waals surface area contributed by atoms with E-state index in [1.807, 2.05) is 0 Å². The van der Waals surface area contributed by atoms with Gasteiger partial charge in [0.2, 0.25) is 5.91 Å². The van der Waals surface area contributed by atoms with E-state index in [0.717, 1.165) is 0 Å². The lowest BCUT2D eigenvalue weighted by atomic mass is 10.2. The van der Waals surface area contributed by atoms with Crippen molar-refractivity contribution in [3.63, 3.8) is 0 Å². The Balaban J connectivity index is 1.86. The number of hydrogen-bond acceptors (Lipinski definition) is 5. The first-order chi connectivity index (χ1) is 12.9. The highest BCUT2D eigenvalue weighted by molar-refractivity contribution is 6.32. The summed E-state index contributed by atoms with van der Waals surface area (Å²) >= 11 is 12.0. The molecule has 0 saturated carbocycles. The molecule has 3 aromatic rings. The normalized spacial score (nSPS) is 10.7. The maximum Gasteiger partial charge on any atom is 0.261 e. The molecule has 0 aliphatic rings. The Bertz CT molecular complexity index is 1080. The molecule has 0 atom stereocenters. The fourth-order valence-electron chi connectivity index (χ4n) is 2.55. The van der Waals surface area contributed by atoms with Gasteiger partial charge < -0.3 is 14.8 Å². The molecule has 0 fully saturated rings. The van der Waals surface area contributed by atoms with E-state index < -0.39 is 5.91 Å². The Hall–Kier alpha value is -2.77. The largest absolute Gasteiger partial charge is 0.495 e. The van der Waals surface area contributed by atoms with Gasteiger partial charge in [-0.3, -0.25) is 14.2 Å². The smallest absolute Gasteiger partial charge is 0.261 e. The van der Waals surface area contributed by atoms with Gasteiger partial charge in [-0.15, -0.1) is 0 Å². The lowest BCUT2D eigenvalue weighted by Gasteiger charge is -2.13. The van der Waals surface area contributed by atoms with Crippen LogP contribution < -0.4 is 20.3 Å². The molecule has 1 aromatic heterocycles. The van der Waals surface area contributed by atoms with Crippen LogP contribution in [0.15, 0.2) is 41.5 Å². The standard InChI is InChI=1S/C18H15Cl2N3O4/c1-26-15-7-16(27-2)14(6-12(15)20)22-17(24)8-23-9-21-13-4-3-10(19)5-11(13)18(23)25/h3-7,9H,8H2,1-2H3,(H,22,24). The van der Waals surface area contributed by atoms with Crippen molar-refractivity contribution in [1.82, 2.24) is 9.55 Å². The van der Waals surface area contributed by atoms with Crippen LogP contribution in [-0.4, -0.2) is 29.7 Å². The van der Waals surface area contributed by atoms with Crippen molar-refractivity contribution >= 4 is 45.7 Å². The zero-order valence-electron chi connectivity index (χ0n) is 14.5. The molecule has 0 saturated heterocycles. The lowest BCUT2D eigenvalue weighted by Crippen LogP contribution is -2.28. The summed E-state index contributed by atoms with van der Waals surface area (Å²) in [6.07, 6.45) is 1.32. The van der Waals surface area contributed by atoms with Crippen molar-refractivity contribution in [3.05, 3.63) is 57.1 Å². The minimum absolute atomic E-state index is 0.235. The van der Waals surface area contributed by atoms with Crippen molar-refractivity contribution in [3.8, 4) is 11.5 Å². The summed E-state index contributed by atoms with van der Waals surface area (Å²) in [7, 11) is 2.93. The summed E-state index contributed by atoms with van der Waals surface area (Å²) in [4.78, 5) is 29.1. The number of aromatic nitrogens is 2. The SMILES string of the molecule is COc1cc(OC)c(NC(=O)Cn2cnc3ccc(Cl)cc3c2=O)cc1Cl. The number of carbonyl (C=O) groups is 1. The molecule has 0 bridgehead atoms. The summed E-state index contributed by atoms with van der Waals surface area (Å²) in [5.74, 6) is 0.346. The molecule has 0 aliphatic heterocycles. The average Bonchev–Trinajstić information content (AvgIpc) is 2.64. The third-order valence-corrected chi connectivity index (χ3v) is 4.38. The topological polar surface area (TPSA) is 82.4 Å². The number of anilines is 1. The van der Waals surface area contributed by atoms with E-state index in [2.05, 4.69) is 10.3 Å². The number of hydrogen-bond donors (Lipinski definition) is 1. The molecule has 0 spiro atoms. The van der Waals surface area contributed by atoms with E-state index in [-0.39, 0.29) is 12.1 Å². The Morgan fingerprint density at radius 1 is 1.15 bits per heavy atom. The predicted molar refractivity (Wildman–Crippen MR) is 104 cm³/mol. The van der Waals surface area contributed by atoms with Crippen LogP contribution in [0.4, 0.5) is 5.69 Å². The number of halogens is 2. The second-order valence-corrected chi connectivity index (χ2v) is 6.42. The number of fused-ring (bicyclic) bond motifs is 1. The van der Waals surface area contributed by atoms with Crippen LogP contribution in [0.2, 0.25) is 10.0 Å². The first kappa shape index (κ1) is 19.0.